The van der Waals surface area contributed by atoms with E-state index >= 15 is 0 Å². The molecule has 0 spiro atoms. The van der Waals surface area contributed by atoms with Crippen LogP contribution in [0.3, 0.4) is 0 Å². The molecular weight excluding hydrogens is 244 g/mol. The van der Waals surface area contributed by atoms with Crippen molar-refractivity contribution in [3.8, 4) is 5.75 Å². The molecule has 0 saturated carbocycles. The molecule has 19 heavy (non-hydrogen) atoms. The Morgan fingerprint density at radius 2 is 2.21 bits per heavy atom. The molecule has 5 heteroatoms. The van der Waals surface area contributed by atoms with E-state index in [0.29, 0.717) is 13.2 Å². The Morgan fingerprint density at radius 1 is 1.47 bits per heavy atom. The van der Waals surface area contributed by atoms with E-state index in [-0.39, 0.29) is 24.2 Å². The summed E-state index contributed by atoms with van der Waals surface area (Å²) in [5.74, 6) is 0.162. The summed E-state index contributed by atoms with van der Waals surface area (Å²) < 4.78 is 4.85. The molecule has 3 N–H and O–H groups in total. The second kappa shape index (κ2) is 7.76. The Balaban J connectivity index is 2.42. The van der Waals surface area contributed by atoms with Gasteiger partial charge in [0.25, 0.3) is 0 Å². The van der Waals surface area contributed by atoms with Gasteiger partial charge < -0.3 is 20.5 Å². The number of hydrogen-bond donors (Lipinski definition) is 3. The number of phenols is 1. The number of carbonyl (C=O) groups excluding carboxylic acids is 1. The first-order valence-electron chi connectivity index (χ1n) is 6.33. The Morgan fingerprint density at radius 3 is 2.84 bits per heavy atom. The normalized spacial score (nSPS) is 12.2. The summed E-state index contributed by atoms with van der Waals surface area (Å²) in [6.45, 7) is 5.04. The third kappa shape index (κ3) is 5.28. The third-order valence-electron chi connectivity index (χ3n) is 2.85. The van der Waals surface area contributed by atoms with Gasteiger partial charge >= 0.3 is 0 Å². The van der Waals surface area contributed by atoms with Crippen molar-refractivity contribution in [3.63, 3.8) is 0 Å². The summed E-state index contributed by atoms with van der Waals surface area (Å²) in [4.78, 5) is 11.5. The van der Waals surface area contributed by atoms with Crippen LogP contribution in [0.5, 0.6) is 5.75 Å². The first-order chi connectivity index (χ1) is 9.04. The lowest BCUT2D eigenvalue weighted by Gasteiger charge is -2.15. The third-order valence-corrected chi connectivity index (χ3v) is 2.85. The van der Waals surface area contributed by atoms with Gasteiger partial charge in [-0.25, -0.2) is 0 Å². The highest BCUT2D eigenvalue weighted by Crippen LogP contribution is 2.24. The number of nitrogens with one attached hydrogen (secondary N) is 2. The maximum absolute atomic E-state index is 11.5. The highest BCUT2D eigenvalue weighted by molar-refractivity contribution is 5.78. The van der Waals surface area contributed by atoms with Crippen LogP contribution >= 0.6 is 0 Å². The summed E-state index contributed by atoms with van der Waals surface area (Å²) in [7, 11) is 1.59. The minimum absolute atomic E-state index is 0.0875. The first kappa shape index (κ1) is 15.5. The molecular formula is C14H22N2O3. The Labute approximate surface area is 114 Å². The molecule has 0 heterocycles. The van der Waals surface area contributed by atoms with Gasteiger partial charge in [0.1, 0.15) is 5.75 Å². The minimum atomic E-state index is -0.0891. The summed E-state index contributed by atoms with van der Waals surface area (Å²) in [6, 6.07) is 5.43. The summed E-state index contributed by atoms with van der Waals surface area (Å²) in [5.41, 5.74) is 1.79. The molecule has 1 aromatic carbocycles. The number of benzene rings is 1. The van der Waals surface area contributed by atoms with Gasteiger partial charge in [-0.1, -0.05) is 12.1 Å². The zero-order valence-corrected chi connectivity index (χ0v) is 11.7. The van der Waals surface area contributed by atoms with Gasteiger partial charge in [-0.15, -0.1) is 0 Å². The van der Waals surface area contributed by atoms with E-state index in [1.165, 1.54) is 0 Å². The van der Waals surface area contributed by atoms with E-state index in [0.717, 1.165) is 11.1 Å². The van der Waals surface area contributed by atoms with E-state index in [2.05, 4.69) is 10.6 Å². The van der Waals surface area contributed by atoms with Gasteiger partial charge in [-0.05, 0) is 25.5 Å². The SMILES string of the molecule is COCCNC(=O)CNC(C)c1ccc(C)cc1O. The molecule has 1 unspecified atom stereocenters. The zero-order chi connectivity index (χ0) is 14.3. The molecule has 0 aliphatic carbocycles. The van der Waals surface area contributed by atoms with E-state index in [4.69, 9.17) is 4.74 Å². The van der Waals surface area contributed by atoms with Crippen molar-refractivity contribution in [1.29, 1.82) is 0 Å². The van der Waals surface area contributed by atoms with E-state index in [9.17, 15) is 9.90 Å². The van der Waals surface area contributed by atoms with Gasteiger partial charge in [0, 0.05) is 25.3 Å². The lowest BCUT2D eigenvalue weighted by Crippen LogP contribution is -2.36. The van der Waals surface area contributed by atoms with Crippen LogP contribution in [0.15, 0.2) is 18.2 Å². The van der Waals surface area contributed by atoms with E-state index in [1.54, 1.807) is 13.2 Å². The number of rotatable bonds is 7. The van der Waals surface area contributed by atoms with Gasteiger partial charge in [0.05, 0.1) is 13.2 Å². The Kier molecular flexibility index (Phi) is 6.32. The lowest BCUT2D eigenvalue weighted by molar-refractivity contribution is -0.120. The van der Waals surface area contributed by atoms with Gasteiger partial charge in [0.2, 0.25) is 5.91 Å². The van der Waals surface area contributed by atoms with E-state index < -0.39 is 0 Å². The van der Waals surface area contributed by atoms with Crippen LogP contribution in [-0.2, 0) is 9.53 Å². The first-order valence-corrected chi connectivity index (χ1v) is 6.33. The number of carbonyl (C=O) groups is 1. The molecule has 106 valence electrons. The number of hydrogen-bond acceptors (Lipinski definition) is 4. The quantitative estimate of drug-likeness (QED) is 0.647. The summed E-state index contributed by atoms with van der Waals surface area (Å²) >= 11 is 0. The van der Waals surface area contributed by atoms with Crippen molar-refractivity contribution in [2.75, 3.05) is 26.8 Å². The number of aryl methyl sites for hydroxylation is 1. The summed E-state index contributed by atoms with van der Waals surface area (Å²) in [6.07, 6.45) is 0. The minimum Gasteiger partial charge on any atom is -0.508 e. The molecule has 0 aliphatic heterocycles. The highest BCUT2D eigenvalue weighted by atomic mass is 16.5. The molecule has 1 amide bonds. The molecule has 1 rings (SSSR count). The van der Waals surface area contributed by atoms with Crippen LogP contribution < -0.4 is 10.6 Å². The van der Waals surface area contributed by atoms with Gasteiger partial charge in [-0.2, -0.15) is 0 Å². The summed E-state index contributed by atoms with van der Waals surface area (Å²) in [5, 5.41) is 15.6. The number of amides is 1. The standard InChI is InChI=1S/C14H22N2O3/c1-10-4-5-12(13(17)8-10)11(2)16-9-14(18)15-6-7-19-3/h4-5,8,11,16-17H,6-7,9H2,1-3H3,(H,15,18). The second-order valence-electron chi connectivity index (χ2n) is 4.51. The van der Waals surface area contributed by atoms with Gasteiger partial charge in [0.15, 0.2) is 0 Å². The van der Waals surface area contributed by atoms with Crippen molar-refractivity contribution in [2.24, 2.45) is 0 Å². The van der Waals surface area contributed by atoms with Crippen LogP contribution in [0, 0.1) is 6.92 Å². The molecule has 0 radical (unpaired) electrons. The fraction of sp³-hybridized carbons (Fsp3) is 0.500. The zero-order valence-electron chi connectivity index (χ0n) is 11.7. The number of aromatic hydroxyl groups is 1. The maximum atomic E-state index is 11.5. The predicted molar refractivity (Wildman–Crippen MR) is 74.1 cm³/mol. The van der Waals surface area contributed by atoms with Crippen LogP contribution in [0.1, 0.15) is 24.1 Å². The Hall–Kier alpha value is -1.59. The molecule has 0 aromatic heterocycles. The maximum Gasteiger partial charge on any atom is 0.234 e. The molecule has 0 aliphatic rings. The molecule has 0 saturated heterocycles. The van der Waals surface area contributed by atoms with Gasteiger partial charge in [-0.3, -0.25) is 4.79 Å². The number of phenolic OH excluding ortho intramolecular Hbond substituents is 1. The fourth-order valence-electron chi connectivity index (χ4n) is 1.73. The largest absolute Gasteiger partial charge is 0.508 e. The highest BCUT2D eigenvalue weighted by Gasteiger charge is 2.11. The fourth-order valence-corrected chi connectivity index (χ4v) is 1.73. The van der Waals surface area contributed by atoms with Crippen LogP contribution in [-0.4, -0.2) is 37.8 Å². The van der Waals surface area contributed by atoms with Crippen molar-refractivity contribution >= 4 is 5.91 Å². The number of methoxy groups -OCH3 is 1. The molecule has 1 atom stereocenters. The van der Waals surface area contributed by atoms with Crippen LogP contribution in [0.2, 0.25) is 0 Å². The second-order valence-corrected chi connectivity index (χ2v) is 4.51. The van der Waals surface area contributed by atoms with Crippen molar-refractivity contribution in [1.82, 2.24) is 10.6 Å². The van der Waals surface area contributed by atoms with E-state index in [1.807, 2.05) is 26.0 Å². The predicted octanol–water partition coefficient (Wildman–Crippen LogP) is 1.11. The smallest absolute Gasteiger partial charge is 0.234 e. The lowest BCUT2D eigenvalue weighted by atomic mass is 10.1. The average molecular weight is 266 g/mol. The topological polar surface area (TPSA) is 70.6 Å². The van der Waals surface area contributed by atoms with Crippen LogP contribution in [0.25, 0.3) is 0 Å². The monoisotopic (exact) mass is 266 g/mol. The van der Waals surface area contributed by atoms with Crippen molar-refractivity contribution < 1.29 is 14.6 Å². The average Bonchev–Trinajstić information content (AvgIpc) is 2.36. The Bertz CT molecular complexity index is 421. The van der Waals surface area contributed by atoms with Crippen LogP contribution in [0.4, 0.5) is 0 Å². The van der Waals surface area contributed by atoms with Crippen molar-refractivity contribution in [2.45, 2.75) is 19.9 Å². The molecule has 1 aromatic rings. The number of ether oxygens (including phenoxy) is 1. The molecule has 5 nitrogen and oxygen atoms in total. The van der Waals surface area contributed by atoms with Crippen molar-refractivity contribution in [3.05, 3.63) is 29.3 Å². The molecule has 0 bridgehead atoms. The molecule has 0 fully saturated rings.